The fraction of sp³-hybridized carbons (Fsp3) is 0.517. The first-order valence-corrected chi connectivity index (χ1v) is 15.9. The summed E-state index contributed by atoms with van der Waals surface area (Å²) in [5, 5.41) is 2.62. The highest BCUT2D eigenvalue weighted by Gasteiger charge is 2.65. The number of piperidine rings is 1. The van der Waals surface area contributed by atoms with Gasteiger partial charge in [0.2, 0.25) is 5.91 Å². The molecule has 218 valence electrons. The summed E-state index contributed by atoms with van der Waals surface area (Å²) in [7, 11) is -9.88. The van der Waals surface area contributed by atoms with Gasteiger partial charge in [-0.05, 0) is 73.6 Å². The Bertz CT molecular complexity index is 1290. The molecule has 2 heterocycles. The summed E-state index contributed by atoms with van der Waals surface area (Å²) in [6, 6.07) is 13.2. The number of carbonyl (C=O) groups is 2. The van der Waals surface area contributed by atoms with Crippen molar-refractivity contribution in [2.24, 2.45) is 17.8 Å². The minimum absolute atomic E-state index is 0.000490. The average Bonchev–Trinajstić information content (AvgIpc) is 3.22. The smallest absolute Gasteiger partial charge is 0.310 e. The highest BCUT2D eigenvalue weighted by Crippen LogP contribution is 3.02. The van der Waals surface area contributed by atoms with Gasteiger partial charge in [0.1, 0.15) is 4.90 Å². The average molecular weight is 584 g/mol. The number of hydrogen-bond acceptors (Lipinski definition) is 3. The minimum atomic E-state index is -9.88. The maximum atomic E-state index is 13.2. The third kappa shape index (κ3) is 5.59. The molecular weight excluding hydrogens is 549 g/mol. The van der Waals surface area contributed by atoms with Crippen molar-refractivity contribution in [1.29, 1.82) is 0 Å². The molecule has 4 fully saturated rings. The number of nitrogens with zero attached hydrogens (tertiary/aromatic N) is 2. The first kappa shape index (κ1) is 27.5. The molecule has 2 aromatic rings. The van der Waals surface area contributed by atoms with E-state index in [4.69, 9.17) is 0 Å². The topological polar surface area (TPSA) is 52.7 Å². The molecule has 2 aliphatic heterocycles. The summed E-state index contributed by atoms with van der Waals surface area (Å²) in [4.78, 5) is 28.0. The highest BCUT2D eigenvalue weighted by molar-refractivity contribution is 8.45. The van der Waals surface area contributed by atoms with Gasteiger partial charge in [0.15, 0.2) is 0 Å². The SMILES string of the molecule is O=C(N[C@@H]1CCN(C(=O)C2[C@H]3CN(C4CCC(c5ccccc5)CC4)C[C@@H]23)C1)c1cccc(S(F)(F)(F)(F)F)c1. The lowest BCUT2D eigenvalue weighted by molar-refractivity contribution is -0.132. The quantitative estimate of drug-likeness (QED) is 0.391. The Balaban J connectivity index is 0.971. The van der Waals surface area contributed by atoms with Gasteiger partial charge in [0.25, 0.3) is 5.91 Å². The second-order valence-corrected chi connectivity index (χ2v) is 14.4. The molecule has 2 saturated heterocycles. The zero-order valence-corrected chi connectivity index (χ0v) is 22.8. The fourth-order valence-electron chi connectivity index (χ4n) is 7.16. The third-order valence-corrected chi connectivity index (χ3v) is 10.5. The first-order chi connectivity index (χ1) is 18.8. The van der Waals surface area contributed by atoms with E-state index in [1.807, 2.05) is 0 Å². The first-order valence-electron chi connectivity index (χ1n) is 14.0. The van der Waals surface area contributed by atoms with Crippen molar-refractivity contribution in [2.75, 3.05) is 26.2 Å². The molecule has 1 unspecified atom stereocenters. The van der Waals surface area contributed by atoms with Gasteiger partial charge in [-0.1, -0.05) is 55.8 Å². The van der Waals surface area contributed by atoms with E-state index in [2.05, 4.69) is 40.5 Å². The van der Waals surface area contributed by atoms with Crippen molar-refractivity contribution in [3.63, 3.8) is 0 Å². The van der Waals surface area contributed by atoms with Crippen molar-refractivity contribution < 1.29 is 29.0 Å². The normalized spacial score (nSPS) is 32.2. The maximum absolute atomic E-state index is 13.2. The van der Waals surface area contributed by atoms with E-state index >= 15 is 0 Å². The molecule has 2 aliphatic carbocycles. The van der Waals surface area contributed by atoms with Crippen molar-refractivity contribution >= 4 is 22.0 Å². The molecule has 5 nitrogen and oxygen atoms in total. The van der Waals surface area contributed by atoms with Crippen LogP contribution in [0.3, 0.4) is 0 Å². The lowest BCUT2D eigenvalue weighted by atomic mass is 9.81. The van der Waals surface area contributed by atoms with Gasteiger partial charge in [0.05, 0.1) is 0 Å². The number of fused-ring (bicyclic) bond motifs is 1. The third-order valence-electron chi connectivity index (χ3n) is 9.37. The number of amides is 2. The summed E-state index contributed by atoms with van der Waals surface area (Å²) in [5.74, 6) is 0.584. The fourth-order valence-corrected chi connectivity index (χ4v) is 7.84. The van der Waals surface area contributed by atoms with Crippen LogP contribution in [0.15, 0.2) is 59.5 Å². The van der Waals surface area contributed by atoms with Gasteiger partial charge in [-0.25, -0.2) is 0 Å². The van der Waals surface area contributed by atoms with Crippen LogP contribution in [0.2, 0.25) is 0 Å². The van der Waals surface area contributed by atoms with Crippen molar-refractivity contribution in [2.45, 2.75) is 55.0 Å². The Hall–Kier alpha value is -2.66. The molecule has 0 aromatic heterocycles. The lowest BCUT2D eigenvalue weighted by Gasteiger charge is -2.40. The maximum Gasteiger partial charge on any atom is 0.310 e. The molecule has 40 heavy (non-hydrogen) atoms. The van der Waals surface area contributed by atoms with Crippen LogP contribution in [0.25, 0.3) is 0 Å². The standard InChI is InChI=1S/C29H34F5N3O2S/c30-40(31,32,33,34)24-8-4-7-21(15-24)28(38)35-22-13-14-36(16-22)29(39)27-25-17-37(18-26(25)27)23-11-9-20(10-12-23)19-5-2-1-3-6-19/h1-8,15,20,22-23,25-27H,9-14,16-18H2,(H,35,38)/t20?,22-,23?,25-,26+,27?/m1/s1. The molecular formula is C29H34F5N3O2S. The molecule has 11 heteroatoms. The lowest BCUT2D eigenvalue weighted by Crippen LogP contribution is -2.41. The Morgan fingerprint density at radius 2 is 1.48 bits per heavy atom. The van der Waals surface area contributed by atoms with Crippen LogP contribution in [-0.4, -0.2) is 59.9 Å². The van der Waals surface area contributed by atoms with Crippen LogP contribution in [0.1, 0.15) is 53.9 Å². The molecule has 4 aliphatic rings. The van der Waals surface area contributed by atoms with Crippen LogP contribution in [0, 0.1) is 17.8 Å². The Morgan fingerprint density at radius 1 is 0.800 bits per heavy atom. The summed E-state index contributed by atoms with van der Waals surface area (Å²) < 4.78 is 65.7. The number of halogens is 5. The van der Waals surface area contributed by atoms with E-state index < -0.39 is 32.6 Å². The van der Waals surface area contributed by atoms with Gasteiger partial charge in [-0.15, -0.1) is 0 Å². The van der Waals surface area contributed by atoms with Gasteiger partial charge >= 0.3 is 10.2 Å². The Morgan fingerprint density at radius 3 is 2.12 bits per heavy atom. The van der Waals surface area contributed by atoms with Crippen molar-refractivity contribution in [1.82, 2.24) is 15.1 Å². The molecule has 4 atom stereocenters. The summed E-state index contributed by atoms with van der Waals surface area (Å²) in [6.07, 6.45) is 5.20. The van der Waals surface area contributed by atoms with Crippen LogP contribution in [0.5, 0.6) is 0 Å². The van der Waals surface area contributed by atoms with Crippen LogP contribution < -0.4 is 5.32 Å². The van der Waals surface area contributed by atoms with Gasteiger partial charge in [0, 0.05) is 49.7 Å². The number of benzene rings is 2. The number of nitrogens with one attached hydrogen (secondary N) is 1. The summed E-state index contributed by atoms with van der Waals surface area (Å²) in [6.45, 7) is 2.61. The zero-order valence-electron chi connectivity index (χ0n) is 22.0. The van der Waals surface area contributed by atoms with Crippen LogP contribution in [-0.2, 0) is 4.79 Å². The minimum Gasteiger partial charge on any atom is -0.347 e. The van der Waals surface area contributed by atoms with Crippen LogP contribution in [0.4, 0.5) is 19.4 Å². The van der Waals surface area contributed by atoms with E-state index in [1.165, 1.54) is 31.2 Å². The number of carbonyl (C=O) groups excluding carboxylic acids is 2. The molecule has 2 saturated carbocycles. The van der Waals surface area contributed by atoms with Gasteiger partial charge < -0.3 is 10.2 Å². The molecule has 0 bridgehead atoms. The molecule has 0 radical (unpaired) electrons. The van der Waals surface area contributed by atoms with Gasteiger partial charge in [-0.2, -0.15) is 0 Å². The Kier molecular flexibility index (Phi) is 6.31. The van der Waals surface area contributed by atoms with E-state index in [9.17, 15) is 29.0 Å². The van der Waals surface area contributed by atoms with Crippen molar-refractivity contribution in [3.8, 4) is 0 Å². The number of rotatable bonds is 6. The second-order valence-electron chi connectivity index (χ2n) is 12.0. The molecule has 0 spiro atoms. The monoisotopic (exact) mass is 583 g/mol. The molecule has 2 amide bonds. The van der Waals surface area contributed by atoms with Crippen LogP contribution >= 0.6 is 10.2 Å². The number of hydrogen-bond donors (Lipinski definition) is 1. The zero-order chi connectivity index (χ0) is 28.3. The summed E-state index contributed by atoms with van der Waals surface area (Å²) in [5.41, 5.74) is 0.943. The van der Waals surface area contributed by atoms with Gasteiger partial charge in [-0.3, -0.25) is 14.5 Å². The van der Waals surface area contributed by atoms with E-state index in [0.29, 0.717) is 36.8 Å². The predicted octanol–water partition coefficient (Wildman–Crippen LogP) is 6.58. The Labute approximate surface area is 230 Å². The van der Waals surface area contributed by atoms with E-state index in [0.717, 1.165) is 25.2 Å². The molecule has 1 N–H and O–H groups in total. The largest absolute Gasteiger partial charge is 0.347 e. The summed E-state index contributed by atoms with van der Waals surface area (Å²) >= 11 is 0. The van der Waals surface area contributed by atoms with Crippen molar-refractivity contribution in [3.05, 3.63) is 65.7 Å². The second kappa shape index (κ2) is 9.17. The van der Waals surface area contributed by atoms with E-state index in [1.54, 1.807) is 4.90 Å². The molecule has 6 rings (SSSR count). The highest BCUT2D eigenvalue weighted by atomic mass is 32.5. The predicted molar refractivity (Wildman–Crippen MR) is 144 cm³/mol. The van der Waals surface area contributed by atoms with E-state index in [-0.39, 0.29) is 30.5 Å². The number of likely N-dealkylation sites (tertiary alicyclic amines) is 2. The molecule has 2 aromatic carbocycles.